The molecule has 0 aromatic carbocycles. The van der Waals surface area contributed by atoms with Crippen molar-refractivity contribution in [3.8, 4) is 15.6 Å². The van der Waals surface area contributed by atoms with Crippen molar-refractivity contribution in [2.45, 2.75) is 57.7 Å². The van der Waals surface area contributed by atoms with Crippen molar-refractivity contribution in [1.29, 1.82) is 0 Å². The minimum atomic E-state index is 0.0826. The van der Waals surface area contributed by atoms with Crippen molar-refractivity contribution >= 4 is 17.3 Å². The Morgan fingerprint density at radius 3 is 2.59 bits per heavy atom. The van der Waals surface area contributed by atoms with Gasteiger partial charge in [-0.3, -0.25) is 0 Å². The monoisotopic (exact) mass is 390 g/mol. The van der Waals surface area contributed by atoms with E-state index in [-0.39, 0.29) is 11.1 Å². The number of nitrogens with zero attached hydrogens (tertiary/aromatic N) is 2. The topological polar surface area (TPSA) is 68.3 Å². The van der Waals surface area contributed by atoms with Crippen LogP contribution >= 0.6 is 11.3 Å². The Kier molecular flexibility index (Phi) is 6.03. The zero-order chi connectivity index (χ0) is 19.5. The van der Waals surface area contributed by atoms with Gasteiger partial charge in [0.2, 0.25) is 5.95 Å². The highest BCUT2D eigenvalue weighted by Crippen LogP contribution is 2.33. The van der Waals surface area contributed by atoms with Crippen LogP contribution in [0, 0.1) is 0 Å². The summed E-state index contributed by atoms with van der Waals surface area (Å²) in [4.78, 5) is 10.2. The summed E-state index contributed by atoms with van der Waals surface area (Å²) in [5.41, 5.74) is 1.07. The quantitative estimate of drug-likeness (QED) is 0.698. The van der Waals surface area contributed by atoms with Crippen molar-refractivity contribution in [2.75, 3.05) is 25.6 Å². The van der Waals surface area contributed by atoms with E-state index in [0.717, 1.165) is 28.5 Å². The van der Waals surface area contributed by atoms with Gasteiger partial charge in [0, 0.05) is 30.4 Å². The molecule has 7 heteroatoms. The first-order chi connectivity index (χ1) is 12.8. The van der Waals surface area contributed by atoms with Crippen LogP contribution in [0.5, 0.6) is 5.06 Å². The second-order valence-electron chi connectivity index (χ2n) is 8.37. The van der Waals surface area contributed by atoms with Gasteiger partial charge in [-0.05, 0) is 58.7 Å². The summed E-state index contributed by atoms with van der Waals surface area (Å²) in [6, 6.07) is 6.28. The van der Waals surface area contributed by atoms with Crippen LogP contribution in [0.1, 0.15) is 40.5 Å². The summed E-state index contributed by atoms with van der Waals surface area (Å²) in [5.74, 6) is 0.682. The molecular weight excluding hydrogens is 360 g/mol. The van der Waals surface area contributed by atoms with Crippen molar-refractivity contribution in [3.63, 3.8) is 0 Å². The van der Waals surface area contributed by atoms with Crippen LogP contribution in [0.15, 0.2) is 24.4 Å². The number of methoxy groups -OCH3 is 1. The molecule has 1 saturated heterocycles. The van der Waals surface area contributed by atoms with Gasteiger partial charge in [0.25, 0.3) is 0 Å². The molecule has 148 valence electrons. The van der Waals surface area contributed by atoms with E-state index >= 15 is 0 Å². The van der Waals surface area contributed by atoms with Crippen LogP contribution in [0.4, 0.5) is 5.95 Å². The average Bonchev–Trinajstić information content (AvgIpc) is 3.01. The van der Waals surface area contributed by atoms with Crippen LogP contribution in [-0.4, -0.2) is 47.4 Å². The Bertz CT molecular complexity index is 744. The number of ether oxygens (including phenoxy) is 2. The molecule has 0 saturated carbocycles. The summed E-state index contributed by atoms with van der Waals surface area (Å²) in [6.07, 6.45) is 3.87. The summed E-state index contributed by atoms with van der Waals surface area (Å²) in [7, 11) is 1.67. The maximum atomic E-state index is 5.67. The van der Waals surface area contributed by atoms with Gasteiger partial charge in [-0.1, -0.05) is 11.3 Å². The molecule has 1 aliphatic heterocycles. The highest BCUT2D eigenvalue weighted by Gasteiger charge is 2.37. The fraction of sp³-hybridized carbons (Fsp3) is 0.600. The van der Waals surface area contributed by atoms with Crippen LogP contribution < -0.4 is 15.4 Å². The van der Waals surface area contributed by atoms with E-state index < -0.39 is 0 Å². The maximum absolute atomic E-state index is 5.67. The molecule has 0 atom stereocenters. The first-order valence-electron chi connectivity index (χ1n) is 9.37. The first-order valence-corrected chi connectivity index (χ1v) is 10.2. The number of hydrogen-bond donors (Lipinski definition) is 2. The number of piperidine rings is 1. The SMILES string of the molecule is COCCOc1ccc(-c2ccnc(NC3CC(C)(C)NC(C)(C)C3)n2)s1. The van der Waals surface area contributed by atoms with Crippen molar-refractivity contribution in [3.05, 3.63) is 24.4 Å². The lowest BCUT2D eigenvalue weighted by Crippen LogP contribution is -2.60. The van der Waals surface area contributed by atoms with Gasteiger partial charge in [-0.2, -0.15) is 0 Å². The first kappa shape index (κ1) is 20.0. The highest BCUT2D eigenvalue weighted by atomic mass is 32.1. The number of thiophene rings is 1. The predicted octanol–water partition coefficient (Wildman–Crippen LogP) is 3.95. The Morgan fingerprint density at radius 1 is 1.15 bits per heavy atom. The molecule has 0 aliphatic carbocycles. The molecule has 1 fully saturated rings. The summed E-state index contributed by atoms with van der Waals surface area (Å²) in [6.45, 7) is 10.1. The zero-order valence-corrected chi connectivity index (χ0v) is 17.7. The average molecular weight is 391 g/mol. The van der Waals surface area contributed by atoms with E-state index in [4.69, 9.17) is 14.5 Å². The van der Waals surface area contributed by atoms with Gasteiger partial charge >= 0.3 is 0 Å². The summed E-state index contributed by atoms with van der Waals surface area (Å²) < 4.78 is 10.7. The smallest absolute Gasteiger partial charge is 0.223 e. The number of nitrogens with one attached hydrogen (secondary N) is 2. The van der Waals surface area contributed by atoms with E-state index in [9.17, 15) is 0 Å². The Balaban J connectivity index is 1.69. The third-order valence-electron chi connectivity index (χ3n) is 4.54. The molecule has 3 heterocycles. The van der Waals surface area contributed by atoms with Crippen LogP contribution in [0.2, 0.25) is 0 Å². The van der Waals surface area contributed by atoms with Gasteiger partial charge in [-0.15, -0.1) is 0 Å². The molecule has 0 bridgehead atoms. The minimum absolute atomic E-state index is 0.0826. The Labute approximate surface area is 165 Å². The van der Waals surface area contributed by atoms with E-state index in [2.05, 4.69) is 43.3 Å². The fourth-order valence-corrected chi connectivity index (χ4v) is 4.78. The molecule has 0 radical (unpaired) electrons. The molecular formula is C20H30N4O2S. The predicted molar refractivity (Wildman–Crippen MR) is 111 cm³/mol. The lowest BCUT2D eigenvalue weighted by molar-refractivity contribution is 0.148. The minimum Gasteiger partial charge on any atom is -0.482 e. The highest BCUT2D eigenvalue weighted by molar-refractivity contribution is 7.17. The van der Waals surface area contributed by atoms with E-state index in [1.54, 1.807) is 18.4 Å². The molecule has 0 unspecified atom stereocenters. The third-order valence-corrected chi connectivity index (χ3v) is 5.56. The molecule has 3 rings (SSSR count). The lowest BCUT2D eigenvalue weighted by atomic mass is 9.80. The van der Waals surface area contributed by atoms with Gasteiger partial charge in [0.15, 0.2) is 5.06 Å². The lowest BCUT2D eigenvalue weighted by Gasteiger charge is -2.46. The van der Waals surface area contributed by atoms with E-state index in [1.807, 2.05) is 24.4 Å². The zero-order valence-electron chi connectivity index (χ0n) is 16.8. The maximum Gasteiger partial charge on any atom is 0.223 e. The Hall–Kier alpha value is -1.70. The second kappa shape index (κ2) is 8.12. The van der Waals surface area contributed by atoms with Gasteiger partial charge in [0.1, 0.15) is 6.61 Å². The van der Waals surface area contributed by atoms with Gasteiger partial charge < -0.3 is 20.1 Å². The number of hydrogen-bond acceptors (Lipinski definition) is 7. The van der Waals surface area contributed by atoms with Crippen LogP contribution in [0.25, 0.3) is 10.6 Å². The molecule has 27 heavy (non-hydrogen) atoms. The van der Waals surface area contributed by atoms with Crippen molar-refractivity contribution < 1.29 is 9.47 Å². The number of aromatic nitrogens is 2. The van der Waals surface area contributed by atoms with Crippen LogP contribution in [-0.2, 0) is 4.74 Å². The summed E-state index contributed by atoms with van der Waals surface area (Å²) >= 11 is 1.58. The normalized spacial score (nSPS) is 19.0. The largest absolute Gasteiger partial charge is 0.482 e. The molecule has 2 aromatic heterocycles. The molecule has 2 N–H and O–H groups in total. The number of rotatable bonds is 7. The molecule has 0 spiro atoms. The Morgan fingerprint density at radius 2 is 1.89 bits per heavy atom. The standard InChI is InChI=1S/C20H30N4O2S/c1-19(2)12-14(13-20(3,4)24-19)22-18-21-9-8-15(23-18)16-6-7-17(27-16)26-11-10-25-5/h6-9,14,24H,10-13H2,1-5H3,(H,21,22,23). The fourth-order valence-electron chi connectivity index (χ4n) is 3.93. The van der Waals surface area contributed by atoms with Crippen molar-refractivity contribution in [2.24, 2.45) is 0 Å². The van der Waals surface area contributed by atoms with Crippen molar-refractivity contribution in [1.82, 2.24) is 15.3 Å². The summed E-state index contributed by atoms with van der Waals surface area (Å²) in [5, 5.41) is 8.12. The van der Waals surface area contributed by atoms with E-state index in [1.165, 1.54) is 0 Å². The van der Waals surface area contributed by atoms with Gasteiger partial charge in [-0.25, -0.2) is 9.97 Å². The number of anilines is 1. The van der Waals surface area contributed by atoms with E-state index in [0.29, 0.717) is 25.2 Å². The van der Waals surface area contributed by atoms with Gasteiger partial charge in [0.05, 0.1) is 17.2 Å². The molecule has 0 amide bonds. The molecule has 6 nitrogen and oxygen atoms in total. The molecule has 2 aromatic rings. The van der Waals surface area contributed by atoms with Crippen LogP contribution in [0.3, 0.4) is 0 Å². The molecule has 1 aliphatic rings. The second-order valence-corrected chi connectivity index (χ2v) is 9.41. The third kappa shape index (κ3) is 5.64.